The van der Waals surface area contributed by atoms with Crippen LogP contribution in [-0.4, -0.2) is 21.5 Å². The molecular formula is C14H16N2S2. The van der Waals surface area contributed by atoms with E-state index in [9.17, 15) is 0 Å². The molecule has 0 saturated heterocycles. The number of hydrogen-bond acceptors (Lipinski definition) is 4. The van der Waals surface area contributed by atoms with Crippen LogP contribution in [-0.2, 0) is 0 Å². The molecule has 1 heterocycles. The van der Waals surface area contributed by atoms with E-state index in [2.05, 4.69) is 28.7 Å². The minimum Gasteiger partial charge on any atom is -0.236 e. The first-order valence-electron chi connectivity index (χ1n) is 6.26. The van der Waals surface area contributed by atoms with E-state index >= 15 is 0 Å². The predicted molar refractivity (Wildman–Crippen MR) is 80.4 cm³/mol. The standard InChI is InChI=1S/C14H16N2S2/c17-8-14(6-3-7-14)9-18-13-11-4-1-2-5-12(11)15-10-16-13/h1-2,4-5,10,17H,3,6-9H2. The van der Waals surface area contributed by atoms with Gasteiger partial charge < -0.3 is 0 Å². The highest BCUT2D eigenvalue weighted by Crippen LogP contribution is 2.45. The zero-order valence-corrected chi connectivity index (χ0v) is 11.9. The summed E-state index contributed by atoms with van der Waals surface area (Å²) in [7, 11) is 0. The number of hydrogen-bond donors (Lipinski definition) is 1. The van der Waals surface area contributed by atoms with Crippen molar-refractivity contribution >= 4 is 35.3 Å². The van der Waals surface area contributed by atoms with Crippen molar-refractivity contribution in [3.05, 3.63) is 30.6 Å². The lowest BCUT2D eigenvalue weighted by Gasteiger charge is -2.40. The maximum atomic E-state index is 4.51. The Morgan fingerprint density at radius 1 is 1.22 bits per heavy atom. The van der Waals surface area contributed by atoms with E-state index in [-0.39, 0.29) is 0 Å². The van der Waals surface area contributed by atoms with Gasteiger partial charge in [-0.1, -0.05) is 24.6 Å². The van der Waals surface area contributed by atoms with E-state index in [1.807, 2.05) is 30.0 Å². The highest BCUT2D eigenvalue weighted by atomic mass is 32.2. The highest BCUT2D eigenvalue weighted by Gasteiger charge is 2.35. The van der Waals surface area contributed by atoms with Crippen LogP contribution in [0, 0.1) is 5.41 Å². The molecule has 1 aliphatic carbocycles. The molecule has 0 spiro atoms. The average molecular weight is 276 g/mol. The maximum Gasteiger partial charge on any atom is 0.117 e. The smallest absolute Gasteiger partial charge is 0.117 e. The number of aromatic nitrogens is 2. The van der Waals surface area contributed by atoms with Gasteiger partial charge in [-0.2, -0.15) is 12.6 Å². The normalized spacial score (nSPS) is 17.6. The van der Waals surface area contributed by atoms with E-state index in [4.69, 9.17) is 0 Å². The zero-order chi connectivity index (χ0) is 12.4. The van der Waals surface area contributed by atoms with Crippen molar-refractivity contribution in [3.63, 3.8) is 0 Å². The number of nitrogens with zero attached hydrogens (tertiary/aromatic N) is 2. The molecule has 1 aromatic heterocycles. The minimum absolute atomic E-state index is 0.444. The Bertz CT molecular complexity index is 541. The van der Waals surface area contributed by atoms with Gasteiger partial charge >= 0.3 is 0 Å². The fourth-order valence-corrected chi connectivity index (χ4v) is 4.20. The molecule has 1 fully saturated rings. The number of para-hydroxylation sites is 1. The largest absolute Gasteiger partial charge is 0.236 e. The van der Waals surface area contributed by atoms with Crippen molar-refractivity contribution in [3.8, 4) is 0 Å². The molecule has 0 atom stereocenters. The summed E-state index contributed by atoms with van der Waals surface area (Å²) in [5.41, 5.74) is 1.48. The fraction of sp³-hybridized carbons (Fsp3) is 0.429. The van der Waals surface area contributed by atoms with Crippen LogP contribution in [0.4, 0.5) is 0 Å². The summed E-state index contributed by atoms with van der Waals surface area (Å²) >= 11 is 6.36. The van der Waals surface area contributed by atoms with E-state index in [1.54, 1.807) is 6.33 Å². The first-order chi connectivity index (χ1) is 8.83. The Kier molecular flexibility index (Phi) is 3.48. The molecule has 1 aromatic carbocycles. The molecule has 2 aromatic rings. The van der Waals surface area contributed by atoms with Gasteiger partial charge in [-0.25, -0.2) is 9.97 Å². The van der Waals surface area contributed by atoms with Crippen LogP contribution < -0.4 is 0 Å². The Morgan fingerprint density at radius 3 is 2.78 bits per heavy atom. The van der Waals surface area contributed by atoms with Crippen LogP contribution in [0.1, 0.15) is 19.3 Å². The first-order valence-corrected chi connectivity index (χ1v) is 7.88. The lowest BCUT2D eigenvalue weighted by Crippen LogP contribution is -2.33. The Hall–Kier alpha value is -0.740. The van der Waals surface area contributed by atoms with Crippen LogP contribution in [0.25, 0.3) is 10.9 Å². The van der Waals surface area contributed by atoms with Gasteiger partial charge in [0.25, 0.3) is 0 Å². The Balaban J connectivity index is 1.82. The first kappa shape index (κ1) is 12.3. The third-order valence-corrected chi connectivity index (χ3v) is 5.80. The fourth-order valence-electron chi connectivity index (χ4n) is 2.34. The third-order valence-electron chi connectivity index (χ3n) is 3.77. The third kappa shape index (κ3) is 2.24. The molecule has 4 heteroatoms. The highest BCUT2D eigenvalue weighted by molar-refractivity contribution is 7.99. The molecule has 0 amide bonds. The van der Waals surface area contributed by atoms with Crippen molar-refractivity contribution in [1.82, 2.24) is 9.97 Å². The predicted octanol–water partition coefficient (Wildman–Crippen LogP) is 3.82. The summed E-state index contributed by atoms with van der Waals surface area (Å²) in [6.45, 7) is 0. The SMILES string of the molecule is SCC1(CSc2ncnc3ccccc23)CCC1. The second-order valence-electron chi connectivity index (χ2n) is 5.00. The Labute approximate surface area is 117 Å². The molecule has 0 unspecified atom stereocenters. The van der Waals surface area contributed by atoms with Crippen molar-refractivity contribution in [2.24, 2.45) is 5.41 Å². The van der Waals surface area contributed by atoms with E-state index in [0.717, 1.165) is 22.0 Å². The number of thiol groups is 1. The summed E-state index contributed by atoms with van der Waals surface area (Å²) in [6.07, 6.45) is 5.64. The van der Waals surface area contributed by atoms with Gasteiger partial charge in [0, 0.05) is 11.1 Å². The quantitative estimate of drug-likeness (QED) is 0.522. The van der Waals surface area contributed by atoms with Crippen molar-refractivity contribution in [1.29, 1.82) is 0 Å². The molecule has 3 rings (SSSR count). The monoisotopic (exact) mass is 276 g/mol. The molecule has 1 saturated carbocycles. The van der Waals surface area contributed by atoms with Crippen molar-refractivity contribution < 1.29 is 0 Å². The van der Waals surface area contributed by atoms with Crippen molar-refractivity contribution in [2.75, 3.05) is 11.5 Å². The van der Waals surface area contributed by atoms with E-state index in [0.29, 0.717) is 5.41 Å². The molecule has 0 N–H and O–H groups in total. The lowest BCUT2D eigenvalue weighted by molar-refractivity contribution is 0.205. The molecule has 0 radical (unpaired) electrons. The summed E-state index contributed by atoms with van der Waals surface area (Å²) in [5.74, 6) is 2.11. The van der Waals surface area contributed by atoms with Crippen LogP contribution in [0.5, 0.6) is 0 Å². The van der Waals surface area contributed by atoms with Crippen molar-refractivity contribution in [2.45, 2.75) is 24.3 Å². The van der Waals surface area contributed by atoms with Gasteiger partial charge in [0.05, 0.1) is 5.52 Å². The van der Waals surface area contributed by atoms with Crippen LogP contribution >= 0.6 is 24.4 Å². The van der Waals surface area contributed by atoms with Crippen LogP contribution in [0.15, 0.2) is 35.6 Å². The van der Waals surface area contributed by atoms with E-state index in [1.165, 1.54) is 24.6 Å². The molecule has 2 nitrogen and oxygen atoms in total. The second-order valence-corrected chi connectivity index (χ2v) is 6.28. The molecule has 94 valence electrons. The van der Waals surface area contributed by atoms with Gasteiger partial charge in [-0.3, -0.25) is 0 Å². The van der Waals surface area contributed by atoms with Crippen LogP contribution in [0.2, 0.25) is 0 Å². The number of rotatable bonds is 4. The topological polar surface area (TPSA) is 25.8 Å². The van der Waals surface area contributed by atoms with Gasteiger partial charge in [-0.15, -0.1) is 11.8 Å². The molecule has 0 aliphatic heterocycles. The van der Waals surface area contributed by atoms with Gasteiger partial charge in [0.15, 0.2) is 0 Å². The minimum atomic E-state index is 0.444. The summed E-state index contributed by atoms with van der Waals surface area (Å²) in [4.78, 5) is 8.73. The van der Waals surface area contributed by atoms with Crippen LogP contribution in [0.3, 0.4) is 0 Å². The number of fused-ring (bicyclic) bond motifs is 1. The summed E-state index contributed by atoms with van der Waals surface area (Å²) in [5, 5.41) is 2.27. The van der Waals surface area contributed by atoms with Gasteiger partial charge in [0.1, 0.15) is 11.4 Å². The molecular weight excluding hydrogens is 260 g/mol. The van der Waals surface area contributed by atoms with E-state index < -0.39 is 0 Å². The molecule has 0 bridgehead atoms. The Morgan fingerprint density at radius 2 is 2.06 bits per heavy atom. The summed E-state index contributed by atoms with van der Waals surface area (Å²) < 4.78 is 0. The van der Waals surface area contributed by atoms with Gasteiger partial charge in [0.2, 0.25) is 0 Å². The summed E-state index contributed by atoms with van der Waals surface area (Å²) in [6, 6.07) is 8.21. The second kappa shape index (κ2) is 5.10. The lowest BCUT2D eigenvalue weighted by atomic mass is 9.72. The number of benzene rings is 1. The average Bonchev–Trinajstić information content (AvgIpc) is 2.38. The molecule has 18 heavy (non-hydrogen) atoms. The maximum absolute atomic E-state index is 4.51. The zero-order valence-electron chi connectivity index (χ0n) is 10.2. The number of thioether (sulfide) groups is 1. The van der Waals surface area contributed by atoms with Gasteiger partial charge in [-0.05, 0) is 30.1 Å². The molecule has 1 aliphatic rings.